The van der Waals surface area contributed by atoms with E-state index in [-0.39, 0.29) is 0 Å². The maximum Gasteiger partial charge on any atom is -0.00642 e. The highest BCUT2D eigenvalue weighted by molar-refractivity contribution is 5.39. The van der Waals surface area contributed by atoms with E-state index in [4.69, 9.17) is 0 Å². The highest BCUT2D eigenvalue weighted by atomic mass is 14.1. The molecule has 0 atom stereocenters. The second kappa shape index (κ2) is 6.21. The molecule has 28 heavy (non-hydrogen) atoms. The van der Waals surface area contributed by atoms with Gasteiger partial charge < -0.3 is 0 Å². The van der Waals surface area contributed by atoms with E-state index in [1.807, 2.05) is 0 Å². The molecule has 0 fully saturated rings. The van der Waals surface area contributed by atoms with E-state index >= 15 is 0 Å². The van der Waals surface area contributed by atoms with Crippen LogP contribution in [-0.4, -0.2) is 0 Å². The van der Waals surface area contributed by atoms with Gasteiger partial charge in [0.25, 0.3) is 0 Å². The molecule has 0 saturated heterocycles. The lowest BCUT2D eigenvalue weighted by molar-refractivity contribution is 1.18. The molecule has 0 radical (unpaired) electrons. The Bertz CT molecular complexity index is 1520. The lowest BCUT2D eigenvalue weighted by Crippen LogP contribution is -1.97. The summed E-state index contributed by atoms with van der Waals surface area (Å²) < 4.78 is 0. The number of aryl methyl sites for hydroxylation is 4. The number of benzene rings is 4. The Balaban J connectivity index is 2.55. The van der Waals surface area contributed by atoms with Gasteiger partial charge >= 0.3 is 0 Å². The largest absolute Gasteiger partial charge is 0.0616 e. The van der Waals surface area contributed by atoms with Crippen LogP contribution >= 0.6 is 0 Å². The van der Waals surface area contributed by atoms with Crippen molar-refractivity contribution in [2.75, 3.05) is 0 Å². The third-order valence-corrected chi connectivity index (χ3v) is 6.18. The summed E-state index contributed by atoms with van der Waals surface area (Å²) in [5.74, 6) is 0. The fraction of sp³-hybridized carbons (Fsp3) is 0.143. The highest BCUT2D eigenvalue weighted by Crippen LogP contribution is 2.20. The number of fused-ring (bicyclic) bond motifs is 4. The zero-order valence-electron chi connectivity index (χ0n) is 16.9. The van der Waals surface area contributed by atoms with Crippen LogP contribution < -0.4 is 0 Å². The summed E-state index contributed by atoms with van der Waals surface area (Å²) in [4.78, 5) is 0. The van der Waals surface area contributed by atoms with Gasteiger partial charge in [0.1, 0.15) is 0 Å². The van der Waals surface area contributed by atoms with Gasteiger partial charge in [0, 0.05) is 0 Å². The molecule has 0 N–H and O–H groups in total. The Morgan fingerprint density at radius 1 is 0.321 bits per heavy atom. The molecular formula is C28H24. The van der Waals surface area contributed by atoms with Gasteiger partial charge in [0.2, 0.25) is 0 Å². The summed E-state index contributed by atoms with van der Waals surface area (Å²) in [6, 6.07) is 26.8. The minimum absolute atomic E-state index is 1.32. The van der Waals surface area contributed by atoms with Gasteiger partial charge in [-0.15, -0.1) is 0 Å². The van der Waals surface area contributed by atoms with Crippen LogP contribution in [0.15, 0.2) is 72.8 Å². The molecule has 0 aliphatic heterocycles. The lowest BCUT2D eigenvalue weighted by atomic mass is 9.94. The second-order valence-electron chi connectivity index (χ2n) is 7.99. The van der Waals surface area contributed by atoms with E-state index in [1.54, 1.807) is 0 Å². The van der Waals surface area contributed by atoms with Gasteiger partial charge in [-0.2, -0.15) is 0 Å². The standard InChI is InChI=1S/C28H24/c1-17-13-15-19(3)27-25(17)23-11-7-5-9-21(23)22-10-6-8-12-24(22)26-18(2)14-16-20(4)28(26)27/h5-16H,1-4H3/b22-21-,25-23-,26-24-,28-27-. The molecule has 0 aromatic heterocycles. The molecule has 0 amide bonds. The molecule has 0 spiro atoms. The van der Waals surface area contributed by atoms with Crippen LogP contribution in [0, 0.1) is 69.4 Å². The summed E-state index contributed by atoms with van der Waals surface area (Å²) in [6.07, 6.45) is 0. The van der Waals surface area contributed by atoms with E-state index in [0.29, 0.717) is 0 Å². The van der Waals surface area contributed by atoms with Gasteiger partial charge in [-0.3, -0.25) is 0 Å². The molecule has 0 heteroatoms. The molecule has 0 saturated carbocycles. The maximum atomic E-state index is 2.29. The smallest absolute Gasteiger partial charge is 0.00642 e. The Morgan fingerprint density at radius 2 is 0.607 bits per heavy atom. The van der Waals surface area contributed by atoms with Crippen LogP contribution in [0.1, 0.15) is 22.3 Å². The predicted octanol–water partition coefficient (Wildman–Crippen LogP) is 6.38. The van der Waals surface area contributed by atoms with Gasteiger partial charge in [-0.05, 0) is 91.7 Å². The van der Waals surface area contributed by atoms with E-state index in [0.717, 1.165) is 0 Å². The van der Waals surface area contributed by atoms with Crippen molar-refractivity contribution in [2.24, 2.45) is 0 Å². The third kappa shape index (κ3) is 2.31. The van der Waals surface area contributed by atoms with Crippen molar-refractivity contribution in [3.63, 3.8) is 0 Å². The SMILES string of the molecule is Cc1ccc(C)c2/c1=c1/cccc/c1=c1\cccc\c1=c1/c(C)ccc(C)/c1=2. The first kappa shape index (κ1) is 17.0. The average Bonchev–Trinajstić information content (AvgIpc) is 2.70. The Morgan fingerprint density at radius 3 is 0.964 bits per heavy atom. The van der Waals surface area contributed by atoms with Crippen LogP contribution in [-0.2, 0) is 0 Å². The summed E-state index contributed by atoms with van der Waals surface area (Å²) in [7, 11) is 0. The monoisotopic (exact) mass is 360 g/mol. The van der Waals surface area contributed by atoms with Crippen LogP contribution in [0.3, 0.4) is 0 Å². The summed E-state index contributed by atoms with van der Waals surface area (Å²) >= 11 is 0. The topological polar surface area (TPSA) is 0 Å². The molecule has 0 nitrogen and oxygen atoms in total. The van der Waals surface area contributed by atoms with Crippen molar-refractivity contribution >= 4 is 0 Å². The first-order chi connectivity index (χ1) is 13.6. The molecule has 1 aliphatic rings. The molecule has 0 unspecified atom stereocenters. The molecule has 1 aliphatic carbocycles. The normalized spacial score (nSPS) is 16.7. The van der Waals surface area contributed by atoms with Crippen molar-refractivity contribution in [3.05, 3.63) is 137 Å². The molecule has 4 aromatic carbocycles. The highest BCUT2D eigenvalue weighted by Gasteiger charge is 2.07. The summed E-state index contributed by atoms with van der Waals surface area (Å²) in [5.41, 5.74) is 5.34. The van der Waals surface area contributed by atoms with Crippen LogP contribution in [0.4, 0.5) is 0 Å². The summed E-state index contributed by atoms with van der Waals surface area (Å²) in [5, 5.41) is 10.8. The van der Waals surface area contributed by atoms with Crippen molar-refractivity contribution in [1.82, 2.24) is 0 Å². The minimum atomic E-state index is 1.32. The van der Waals surface area contributed by atoms with Gasteiger partial charge in [-0.1, -0.05) is 72.8 Å². The average molecular weight is 361 g/mol. The van der Waals surface area contributed by atoms with Crippen LogP contribution in [0.2, 0.25) is 0 Å². The second-order valence-corrected chi connectivity index (χ2v) is 7.99. The molecule has 4 aromatic rings. The zero-order chi connectivity index (χ0) is 19.4. The van der Waals surface area contributed by atoms with E-state index in [1.165, 1.54) is 64.0 Å². The van der Waals surface area contributed by atoms with E-state index < -0.39 is 0 Å². The van der Waals surface area contributed by atoms with Crippen molar-refractivity contribution < 1.29 is 0 Å². The van der Waals surface area contributed by atoms with Crippen LogP contribution in [0.5, 0.6) is 0 Å². The Labute approximate surface area is 164 Å². The van der Waals surface area contributed by atoms with Crippen LogP contribution in [0.25, 0.3) is 0 Å². The Hall–Kier alpha value is -3.12. The van der Waals surface area contributed by atoms with Crippen molar-refractivity contribution in [1.29, 1.82) is 0 Å². The number of rotatable bonds is 0. The number of hydrogen-bond donors (Lipinski definition) is 0. The number of hydrogen-bond acceptors (Lipinski definition) is 0. The van der Waals surface area contributed by atoms with Gasteiger partial charge in [0.15, 0.2) is 0 Å². The minimum Gasteiger partial charge on any atom is -0.0616 e. The fourth-order valence-electron chi connectivity index (χ4n) is 4.83. The quantitative estimate of drug-likeness (QED) is 0.300. The van der Waals surface area contributed by atoms with Crippen molar-refractivity contribution in [3.8, 4) is 0 Å². The molecule has 136 valence electrons. The Kier molecular flexibility index (Phi) is 3.77. The molecule has 0 heterocycles. The fourth-order valence-corrected chi connectivity index (χ4v) is 4.83. The molecule has 0 bridgehead atoms. The van der Waals surface area contributed by atoms with Crippen molar-refractivity contribution in [2.45, 2.75) is 27.7 Å². The predicted molar refractivity (Wildman–Crippen MR) is 115 cm³/mol. The van der Waals surface area contributed by atoms with Gasteiger partial charge in [0.05, 0.1) is 0 Å². The van der Waals surface area contributed by atoms with Gasteiger partial charge in [-0.25, -0.2) is 0 Å². The zero-order valence-corrected chi connectivity index (χ0v) is 16.9. The lowest BCUT2D eigenvalue weighted by Gasteiger charge is -2.10. The first-order valence-corrected chi connectivity index (χ1v) is 9.98. The van der Waals surface area contributed by atoms with E-state index in [9.17, 15) is 0 Å². The molecule has 5 rings (SSSR count). The first-order valence-electron chi connectivity index (χ1n) is 9.98. The third-order valence-electron chi connectivity index (χ3n) is 6.18. The molecular weight excluding hydrogens is 336 g/mol. The van der Waals surface area contributed by atoms with E-state index in [2.05, 4.69) is 100 Å². The maximum absolute atomic E-state index is 2.29. The summed E-state index contributed by atoms with van der Waals surface area (Å²) in [6.45, 7) is 8.99.